The first-order chi connectivity index (χ1) is 8.89. The number of quaternary nitrogens is 1. The third kappa shape index (κ3) is 12.0. The molecule has 0 heterocycles. The molecule has 0 amide bonds. The van der Waals surface area contributed by atoms with Gasteiger partial charge in [-0.1, -0.05) is 0 Å². The number of carbonyl (C=O) groups excluding carboxylic acids is 2. The molecule has 0 saturated carbocycles. The average Bonchev–Trinajstić information content (AvgIpc) is 2.31. The van der Waals surface area contributed by atoms with E-state index in [2.05, 4.69) is 9.47 Å². The van der Waals surface area contributed by atoms with Gasteiger partial charge < -0.3 is 27.9 Å². The Balaban J connectivity index is 3.80. The summed E-state index contributed by atoms with van der Waals surface area (Å²) >= 11 is 0. The molecule has 1 N–H and O–H groups in total. The highest BCUT2D eigenvalue weighted by Gasteiger charge is 2.16. The van der Waals surface area contributed by atoms with Crippen molar-refractivity contribution in [3.05, 3.63) is 0 Å². The molecule has 0 spiro atoms. The van der Waals surface area contributed by atoms with Crippen LogP contribution in [0.25, 0.3) is 0 Å². The Labute approximate surface area is 113 Å². The Hall–Kier alpha value is -0.790. The second-order valence-electron chi connectivity index (χ2n) is 4.66. The lowest BCUT2D eigenvalue weighted by Crippen LogP contribution is -2.37. The van der Waals surface area contributed by atoms with Gasteiger partial charge in [-0.05, 0) is 0 Å². The summed E-state index contributed by atoms with van der Waals surface area (Å²) in [5, 5.41) is 0. The van der Waals surface area contributed by atoms with Gasteiger partial charge in [0.15, 0.2) is 6.10 Å². The highest BCUT2D eigenvalue weighted by atomic mass is 31.2. The van der Waals surface area contributed by atoms with Gasteiger partial charge in [-0.3, -0.25) is 9.59 Å². The largest absolute Gasteiger partial charge is 0.464 e. The maximum Gasteiger partial charge on any atom is 0.330 e. The molecule has 2 atom stereocenters. The van der Waals surface area contributed by atoms with E-state index in [1.807, 2.05) is 21.1 Å². The van der Waals surface area contributed by atoms with Crippen molar-refractivity contribution in [1.29, 1.82) is 0 Å². The molecule has 19 heavy (non-hydrogen) atoms. The topological polar surface area (TPSA) is 91.3 Å². The average molecular weight is 298 g/mol. The summed E-state index contributed by atoms with van der Waals surface area (Å²) in [7, 11) is 3.94. The van der Waals surface area contributed by atoms with Gasteiger partial charge in [-0.2, -0.15) is 0 Å². The first-order valence-electron chi connectivity index (χ1n) is 5.58. The quantitative estimate of drug-likeness (QED) is 0.299. The van der Waals surface area contributed by atoms with Crippen LogP contribution in [0.15, 0.2) is 0 Å². The maximum absolute atomic E-state index is 10.2. The Morgan fingerprint density at radius 3 is 2.37 bits per heavy atom. The number of hydrogen-bond acceptors (Lipinski definition) is 7. The van der Waals surface area contributed by atoms with Crippen LogP contribution in [0.1, 0.15) is 0 Å². The molecule has 0 rings (SSSR count). The normalized spacial score (nSPS) is 14.5. The Morgan fingerprint density at radius 2 is 1.84 bits per heavy atom. The summed E-state index contributed by atoms with van der Waals surface area (Å²) in [6, 6.07) is 0. The van der Waals surface area contributed by atoms with Crippen molar-refractivity contribution in [3.63, 3.8) is 0 Å². The van der Waals surface area contributed by atoms with E-state index in [9.17, 15) is 14.5 Å². The lowest BCUT2D eigenvalue weighted by atomic mass is 10.4. The molecule has 0 radical (unpaired) electrons. The summed E-state index contributed by atoms with van der Waals surface area (Å²) in [5.41, 5.74) is 0. The van der Waals surface area contributed by atoms with E-state index in [0.29, 0.717) is 17.6 Å². The molecule has 0 aliphatic carbocycles. The molecule has 0 saturated heterocycles. The van der Waals surface area contributed by atoms with Gasteiger partial charge in [0.25, 0.3) is 12.9 Å². The highest BCUT2D eigenvalue weighted by Crippen LogP contribution is 2.32. The molecule has 0 aliphatic rings. The number of hydrogen-bond donors (Lipinski definition) is 1. The zero-order valence-corrected chi connectivity index (χ0v) is 12.2. The van der Waals surface area contributed by atoms with Gasteiger partial charge in [0.1, 0.15) is 19.8 Å². The second-order valence-corrected chi connectivity index (χ2v) is 5.66. The van der Waals surface area contributed by atoms with Crippen molar-refractivity contribution in [2.24, 2.45) is 0 Å². The van der Waals surface area contributed by atoms with Crippen LogP contribution in [0, 0.1) is 0 Å². The van der Waals surface area contributed by atoms with Crippen molar-refractivity contribution >= 4 is 21.5 Å². The highest BCUT2D eigenvalue weighted by molar-refractivity contribution is 7.40. The molecular formula is C10H21NO7P+. The van der Waals surface area contributed by atoms with Crippen LogP contribution in [0.2, 0.25) is 0 Å². The molecule has 9 heteroatoms. The van der Waals surface area contributed by atoms with Crippen molar-refractivity contribution in [2.75, 3.05) is 47.5 Å². The van der Waals surface area contributed by atoms with E-state index in [1.165, 1.54) is 0 Å². The Kier molecular flexibility index (Phi) is 9.63. The van der Waals surface area contributed by atoms with E-state index in [0.717, 1.165) is 0 Å². The minimum Gasteiger partial charge on any atom is -0.464 e. The third-order valence-electron chi connectivity index (χ3n) is 1.93. The fraction of sp³-hybridized carbons (Fsp3) is 0.800. The molecule has 0 fully saturated rings. The molecule has 112 valence electrons. The second kappa shape index (κ2) is 10.1. The van der Waals surface area contributed by atoms with Crippen LogP contribution in [0.5, 0.6) is 0 Å². The Morgan fingerprint density at radius 1 is 1.16 bits per heavy atom. The molecule has 0 bridgehead atoms. The molecule has 0 aromatic rings. The molecule has 2 unspecified atom stereocenters. The zero-order valence-electron chi connectivity index (χ0n) is 11.4. The van der Waals surface area contributed by atoms with Gasteiger partial charge in [0.05, 0.1) is 27.7 Å². The van der Waals surface area contributed by atoms with Gasteiger partial charge in [-0.25, -0.2) is 0 Å². The summed E-state index contributed by atoms with van der Waals surface area (Å²) in [6.45, 7) is 1.27. The van der Waals surface area contributed by atoms with Crippen LogP contribution in [0.4, 0.5) is 0 Å². The van der Waals surface area contributed by atoms with Crippen molar-refractivity contribution in [1.82, 2.24) is 0 Å². The minimum atomic E-state index is -2.04. The predicted octanol–water partition coefficient (Wildman–Crippen LogP) is -0.340. The molecule has 8 nitrogen and oxygen atoms in total. The first kappa shape index (κ1) is 18.2. The summed E-state index contributed by atoms with van der Waals surface area (Å²) in [4.78, 5) is 29.6. The van der Waals surface area contributed by atoms with Crippen LogP contribution >= 0.6 is 8.60 Å². The fourth-order valence-corrected chi connectivity index (χ4v) is 1.53. The minimum absolute atomic E-state index is 0.112. The standard InChI is InChI=1S/C10H21NO7P/c1-11(2,3)4-5-17-19(14)18-7-10(16-9-13)6-15-8-12/h8-10,14H,4-7H2,1-3H3/q+1. The number of nitrogens with zero attached hydrogens (tertiary/aromatic N) is 1. The molecule has 0 aliphatic heterocycles. The number of ether oxygens (including phenoxy) is 2. The van der Waals surface area contributed by atoms with Crippen molar-refractivity contribution in [2.45, 2.75) is 6.10 Å². The van der Waals surface area contributed by atoms with Gasteiger partial charge in [0.2, 0.25) is 0 Å². The fourth-order valence-electron chi connectivity index (χ4n) is 0.929. The lowest BCUT2D eigenvalue weighted by Gasteiger charge is -2.24. The smallest absolute Gasteiger partial charge is 0.330 e. The van der Waals surface area contributed by atoms with Gasteiger partial charge in [0, 0.05) is 0 Å². The van der Waals surface area contributed by atoms with Crippen LogP contribution in [0.3, 0.4) is 0 Å². The molecular weight excluding hydrogens is 277 g/mol. The SMILES string of the molecule is C[N+](C)(C)CCOP(O)OCC(COC=O)OC=O. The van der Waals surface area contributed by atoms with Crippen molar-refractivity contribution in [3.8, 4) is 0 Å². The number of carbonyl (C=O) groups is 2. The monoisotopic (exact) mass is 298 g/mol. The van der Waals surface area contributed by atoms with Crippen LogP contribution in [-0.4, -0.2) is 75.9 Å². The van der Waals surface area contributed by atoms with Gasteiger partial charge >= 0.3 is 8.60 Å². The summed E-state index contributed by atoms with van der Waals surface area (Å²) in [5.74, 6) is 0. The summed E-state index contributed by atoms with van der Waals surface area (Å²) in [6.07, 6.45) is -0.762. The van der Waals surface area contributed by atoms with Gasteiger partial charge in [-0.15, -0.1) is 0 Å². The lowest BCUT2D eigenvalue weighted by molar-refractivity contribution is -0.870. The van der Waals surface area contributed by atoms with E-state index in [-0.39, 0.29) is 26.2 Å². The van der Waals surface area contributed by atoms with Crippen LogP contribution < -0.4 is 0 Å². The predicted molar refractivity (Wildman–Crippen MR) is 66.9 cm³/mol. The zero-order chi connectivity index (χ0) is 14.7. The van der Waals surface area contributed by atoms with E-state index in [1.54, 1.807) is 0 Å². The van der Waals surface area contributed by atoms with E-state index in [4.69, 9.17) is 9.05 Å². The number of likely N-dealkylation sites (N-methyl/N-ethyl adjacent to an activating group) is 1. The molecule has 0 aromatic heterocycles. The van der Waals surface area contributed by atoms with Crippen molar-refractivity contribution < 1.29 is 37.5 Å². The van der Waals surface area contributed by atoms with Crippen LogP contribution in [-0.2, 0) is 28.1 Å². The third-order valence-corrected chi connectivity index (χ3v) is 2.71. The van der Waals surface area contributed by atoms with E-state index < -0.39 is 14.7 Å². The summed E-state index contributed by atoms with van der Waals surface area (Å²) < 4.78 is 19.8. The Bertz CT molecular complexity index is 259. The maximum atomic E-state index is 10.2. The molecule has 0 aromatic carbocycles. The number of rotatable bonds is 12. The first-order valence-corrected chi connectivity index (χ1v) is 6.71. The van der Waals surface area contributed by atoms with E-state index >= 15 is 0 Å².